The lowest BCUT2D eigenvalue weighted by Crippen LogP contribution is -2.35. The summed E-state index contributed by atoms with van der Waals surface area (Å²) in [6, 6.07) is 4.17. The van der Waals surface area contributed by atoms with E-state index in [1.54, 1.807) is 0 Å². The highest BCUT2D eigenvalue weighted by molar-refractivity contribution is 5.53. The van der Waals surface area contributed by atoms with Crippen molar-refractivity contribution in [3.05, 3.63) is 35.9 Å². The van der Waals surface area contributed by atoms with Crippen LogP contribution in [0.4, 0.5) is 0 Å². The molecule has 84 valence electrons. The molecular formula is C13H17N3. The highest BCUT2D eigenvalue weighted by atomic mass is 15.1. The van der Waals surface area contributed by atoms with E-state index < -0.39 is 0 Å². The molecule has 0 bridgehead atoms. The summed E-state index contributed by atoms with van der Waals surface area (Å²) in [4.78, 5) is 4.55. The van der Waals surface area contributed by atoms with Crippen molar-refractivity contribution >= 4 is 5.52 Å². The van der Waals surface area contributed by atoms with Crippen LogP contribution in [0.1, 0.15) is 37.1 Å². The fraction of sp³-hybridized carbons (Fsp3) is 0.462. The van der Waals surface area contributed by atoms with Gasteiger partial charge in [-0.2, -0.15) is 0 Å². The monoisotopic (exact) mass is 215 g/mol. The summed E-state index contributed by atoms with van der Waals surface area (Å²) >= 11 is 0. The van der Waals surface area contributed by atoms with Crippen molar-refractivity contribution in [1.82, 2.24) is 9.38 Å². The van der Waals surface area contributed by atoms with Crippen LogP contribution in [-0.4, -0.2) is 9.38 Å². The van der Waals surface area contributed by atoms with Crippen molar-refractivity contribution in [3.63, 3.8) is 0 Å². The molecule has 1 aliphatic carbocycles. The lowest BCUT2D eigenvalue weighted by Gasteiger charge is -2.22. The minimum Gasteiger partial charge on any atom is -0.319 e. The van der Waals surface area contributed by atoms with E-state index in [9.17, 15) is 0 Å². The Hall–Kier alpha value is -1.35. The molecule has 1 fully saturated rings. The Morgan fingerprint density at radius 3 is 2.88 bits per heavy atom. The van der Waals surface area contributed by atoms with E-state index in [1.807, 2.05) is 6.20 Å². The average molecular weight is 215 g/mol. The highest BCUT2D eigenvalue weighted by Crippen LogP contribution is 2.35. The minimum atomic E-state index is -0.208. The fourth-order valence-corrected chi connectivity index (χ4v) is 2.76. The number of aryl methyl sites for hydroxylation is 1. The molecule has 0 amide bonds. The van der Waals surface area contributed by atoms with E-state index >= 15 is 0 Å². The maximum atomic E-state index is 6.46. The number of imidazole rings is 1. The van der Waals surface area contributed by atoms with Gasteiger partial charge in [0.25, 0.3) is 0 Å². The zero-order chi connectivity index (χ0) is 11.2. The molecule has 2 aromatic rings. The topological polar surface area (TPSA) is 43.3 Å². The van der Waals surface area contributed by atoms with Gasteiger partial charge < -0.3 is 10.1 Å². The van der Waals surface area contributed by atoms with Gasteiger partial charge in [-0.3, -0.25) is 0 Å². The Bertz CT molecular complexity index is 521. The molecule has 3 nitrogen and oxygen atoms in total. The van der Waals surface area contributed by atoms with E-state index in [2.05, 4.69) is 34.6 Å². The number of aromatic nitrogens is 2. The van der Waals surface area contributed by atoms with Gasteiger partial charge in [0.1, 0.15) is 5.82 Å². The van der Waals surface area contributed by atoms with Gasteiger partial charge in [-0.15, -0.1) is 0 Å². The normalized spacial score (nSPS) is 19.4. The Morgan fingerprint density at radius 1 is 1.38 bits per heavy atom. The minimum absolute atomic E-state index is 0.208. The predicted octanol–water partition coefficient (Wildman–Crippen LogP) is 2.37. The van der Waals surface area contributed by atoms with Crippen LogP contribution in [0.2, 0.25) is 0 Å². The fourth-order valence-electron chi connectivity index (χ4n) is 2.76. The molecule has 0 aliphatic heterocycles. The quantitative estimate of drug-likeness (QED) is 0.793. The van der Waals surface area contributed by atoms with Crippen LogP contribution < -0.4 is 5.73 Å². The standard InChI is InChI=1S/C13H17N3/c1-10-5-4-8-16-11(10)9-15-12(16)13(14)6-2-3-7-13/h4-5,8-9H,2-3,6-7,14H2,1H3. The first-order valence-corrected chi connectivity index (χ1v) is 5.93. The largest absolute Gasteiger partial charge is 0.319 e. The lowest BCUT2D eigenvalue weighted by molar-refractivity contribution is 0.429. The molecule has 0 spiro atoms. The average Bonchev–Trinajstić information content (AvgIpc) is 2.85. The van der Waals surface area contributed by atoms with E-state index in [1.165, 1.54) is 23.9 Å². The predicted molar refractivity (Wildman–Crippen MR) is 64.3 cm³/mol. The maximum absolute atomic E-state index is 6.46. The maximum Gasteiger partial charge on any atom is 0.133 e. The van der Waals surface area contributed by atoms with Gasteiger partial charge in [-0.1, -0.05) is 18.9 Å². The third-order valence-electron chi connectivity index (χ3n) is 3.72. The first kappa shape index (κ1) is 9.85. The summed E-state index contributed by atoms with van der Waals surface area (Å²) in [5.41, 5.74) is 8.68. The number of rotatable bonds is 1. The summed E-state index contributed by atoms with van der Waals surface area (Å²) in [6.07, 6.45) is 8.56. The van der Waals surface area contributed by atoms with Crippen molar-refractivity contribution in [2.75, 3.05) is 0 Å². The van der Waals surface area contributed by atoms with Gasteiger partial charge in [0.05, 0.1) is 17.3 Å². The molecule has 2 N–H and O–H groups in total. The van der Waals surface area contributed by atoms with Crippen molar-refractivity contribution in [3.8, 4) is 0 Å². The molecule has 1 aliphatic rings. The second-order valence-corrected chi connectivity index (χ2v) is 4.89. The molecule has 0 radical (unpaired) electrons. The number of pyridine rings is 1. The molecule has 0 aromatic carbocycles. The van der Waals surface area contributed by atoms with Crippen LogP contribution in [0.25, 0.3) is 5.52 Å². The van der Waals surface area contributed by atoms with Crippen LogP contribution in [0, 0.1) is 6.92 Å². The van der Waals surface area contributed by atoms with E-state index in [4.69, 9.17) is 5.73 Å². The van der Waals surface area contributed by atoms with Gasteiger partial charge >= 0.3 is 0 Å². The molecule has 0 unspecified atom stereocenters. The van der Waals surface area contributed by atoms with Gasteiger partial charge in [0.2, 0.25) is 0 Å². The van der Waals surface area contributed by atoms with Crippen LogP contribution in [0.5, 0.6) is 0 Å². The van der Waals surface area contributed by atoms with Crippen molar-refractivity contribution < 1.29 is 0 Å². The van der Waals surface area contributed by atoms with Crippen LogP contribution in [0.3, 0.4) is 0 Å². The van der Waals surface area contributed by atoms with E-state index in [0.717, 1.165) is 18.7 Å². The molecule has 3 heteroatoms. The van der Waals surface area contributed by atoms with Gasteiger partial charge in [0, 0.05) is 6.20 Å². The first-order valence-electron chi connectivity index (χ1n) is 5.93. The van der Waals surface area contributed by atoms with Gasteiger partial charge in [-0.25, -0.2) is 4.98 Å². The summed E-state index contributed by atoms with van der Waals surface area (Å²) in [5, 5.41) is 0. The second-order valence-electron chi connectivity index (χ2n) is 4.89. The van der Waals surface area contributed by atoms with Crippen LogP contribution in [-0.2, 0) is 5.54 Å². The van der Waals surface area contributed by atoms with Crippen LogP contribution >= 0.6 is 0 Å². The number of nitrogens with zero attached hydrogens (tertiary/aromatic N) is 2. The molecule has 2 aromatic heterocycles. The Morgan fingerprint density at radius 2 is 2.12 bits per heavy atom. The van der Waals surface area contributed by atoms with Gasteiger partial charge in [-0.05, 0) is 31.4 Å². The lowest BCUT2D eigenvalue weighted by atomic mass is 9.98. The smallest absolute Gasteiger partial charge is 0.133 e. The second kappa shape index (κ2) is 3.32. The number of nitrogens with two attached hydrogens (primary N) is 1. The van der Waals surface area contributed by atoms with E-state index in [0.29, 0.717) is 0 Å². The summed E-state index contributed by atoms with van der Waals surface area (Å²) in [5.74, 6) is 1.03. The van der Waals surface area contributed by atoms with Crippen molar-refractivity contribution in [2.24, 2.45) is 5.73 Å². The van der Waals surface area contributed by atoms with Gasteiger partial charge in [0.15, 0.2) is 0 Å². The third kappa shape index (κ3) is 1.28. The molecule has 2 heterocycles. The zero-order valence-corrected chi connectivity index (χ0v) is 9.61. The molecule has 0 atom stereocenters. The highest BCUT2D eigenvalue weighted by Gasteiger charge is 2.34. The Balaban J connectivity index is 2.21. The zero-order valence-electron chi connectivity index (χ0n) is 9.61. The number of fused-ring (bicyclic) bond motifs is 1. The van der Waals surface area contributed by atoms with Crippen molar-refractivity contribution in [1.29, 1.82) is 0 Å². The van der Waals surface area contributed by atoms with Crippen LogP contribution in [0.15, 0.2) is 24.5 Å². The summed E-state index contributed by atoms with van der Waals surface area (Å²) in [7, 11) is 0. The molecule has 16 heavy (non-hydrogen) atoms. The first-order chi connectivity index (χ1) is 7.71. The Labute approximate surface area is 95.3 Å². The van der Waals surface area contributed by atoms with E-state index in [-0.39, 0.29) is 5.54 Å². The SMILES string of the molecule is Cc1cccn2c(C3(N)CCCC3)ncc12. The number of hydrogen-bond acceptors (Lipinski definition) is 2. The summed E-state index contributed by atoms with van der Waals surface area (Å²) < 4.78 is 2.15. The summed E-state index contributed by atoms with van der Waals surface area (Å²) in [6.45, 7) is 2.11. The molecule has 0 saturated heterocycles. The molecule has 3 rings (SSSR count). The Kier molecular flexibility index (Phi) is 2.04. The third-order valence-corrected chi connectivity index (χ3v) is 3.72. The number of hydrogen-bond donors (Lipinski definition) is 1. The molecular weight excluding hydrogens is 198 g/mol. The molecule has 1 saturated carbocycles. The van der Waals surface area contributed by atoms with Crippen molar-refractivity contribution in [2.45, 2.75) is 38.1 Å².